The zero-order valence-electron chi connectivity index (χ0n) is 18.2. The number of hydrogen-bond donors (Lipinski definition) is 2. The standard InChI is InChI=1S/C27H25N3O3/c28-13-17-1-4-19(5-2-17)20-6-7-23-22(12-20)27-21(24(15-31)29-23)9-10-30(27)14-18-3-8-25-26(11-18)33-16-32-25/h1-8,11-12,21,24,27,29,31H,9-10,14-16H2/t21-,24-,27-/m1/s1. The molecule has 0 spiro atoms. The van der Waals surface area contributed by atoms with E-state index in [1.54, 1.807) is 0 Å². The molecule has 33 heavy (non-hydrogen) atoms. The molecule has 3 atom stereocenters. The van der Waals surface area contributed by atoms with E-state index < -0.39 is 0 Å². The van der Waals surface area contributed by atoms with E-state index in [0.717, 1.165) is 47.8 Å². The lowest BCUT2D eigenvalue weighted by Gasteiger charge is -2.39. The summed E-state index contributed by atoms with van der Waals surface area (Å²) in [7, 11) is 0. The van der Waals surface area contributed by atoms with Gasteiger partial charge in [0, 0.05) is 24.2 Å². The predicted octanol–water partition coefficient (Wildman–Crippen LogP) is 4.30. The van der Waals surface area contributed by atoms with Crippen molar-refractivity contribution < 1.29 is 14.6 Å². The van der Waals surface area contributed by atoms with Crippen molar-refractivity contribution in [3.8, 4) is 28.7 Å². The summed E-state index contributed by atoms with van der Waals surface area (Å²) >= 11 is 0. The molecule has 1 saturated heterocycles. The Balaban J connectivity index is 1.35. The zero-order chi connectivity index (χ0) is 22.4. The summed E-state index contributed by atoms with van der Waals surface area (Å²) in [5.41, 5.74) is 6.45. The maximum atomic E-state index is 10.1. The lowest BCUT2D eigenvalue weighted by atomic mass is 9.82. The number of benzene rings is 3. The van der Waals surface area contributed by atoms with Gasteiger partial charge >= 0.3 is 0 Å². The van der Waals surface area contributed by atoms with Crippen molar-refractivity contribution in [2.24, 2.45) is 5.92 Å². The fourth-order valence-corrected chi connectivity index (χ4v) is 5.53. The van der Waals surface area contributed by atoms with Gasteiger partial charge in [-0.05, 0) is 71.6 Å². The SMILES string of the molecule is N#Cc1ccc(-c2ccc3c(c2)[C@H]2[C@H](CCN2Cc2ccc4c(c2)OCO4)[C@@H](CO)N3)cc1. The van der Waals surface area contributed by atoms with Gasteiger partial charge in [-0.1, -0.05) is 24.3 Å². The number of likely N-dealkylation sites (tertiary alicyclic amines) is 1. The predicted molar refractivity (Wildman–Crippen MR) is 125 cm³/mol. The van der Waals surface area contributed by atoms with Crippen LogP contribution in [-0.2, 0) is 6.54 Å². The molecule has 0 bridgehead atoms. The molecule has 6 rings (SSSR count). The Morgan fingerprint density at radius 1 is 1.00 bits per heavy atom. The molecule has 3 aliphatic rings. The number of hydrogen-bond acceptors (Lipinski definition) is 6. The van der Waals surface area contributed by atoms with Gasteiger partial charge in [-0.15, -0.1) is 0 Å². The quantitative estimate of drug-likeness (QED) is 0.631. The second-order valence-electron chi connectivity index (χ2n) is 8.98. The zero-order valence-corrected chi connectivity index (χ0v) is 18.2. The molecule has 0 aromatic heterocycles. The summed E-state index contributed by atoms with van der Waals surface area (Å²) < 4.78 is 11.0. The molecule has 3 aromatic rings. The van der Waals surface area contributed by atoms with E-state index in [1.807, 2.05) is 30.3 Å². The third-order valence-electron chi connectivity index (χ3n) is 7.14. The number of aliphatic hydroxyl groups excluding tert-OH is 1. The lowest BCUT2D eigenvalue weighted by molar-refractivity contribution is 0.171. The van der Waals surface area contributed by atoms with E-state index in [0.29, 0.717) is 11.5 Å². The highest BCUT2D eigenvalue weighted by atomic mass is 16.7. The largest absolute Gasteiger partial charge is 0.454 e. The summed E-state index contributed by atoms with van der Waals surface area (Å²) in [5, 5.41) is 22.8. The molecule has 0 amide bonds. The van der Waals surface area contributed by atoms with Crippen molar-refractivity contribution in [2.45, 2.75) is 25.0 Å². The van der Waals surface area contributed by atoms with Crippen LogP contribution in [0.2, 0.25) is 0 Å². The van der Waals surface area contributed by atoms with Gasteiger partial charge in [0.2, 0.25) is 6.79 Å². The molecule has 3 heterocycles. The highest BCUT2D eigenvalue weighted by molar-refractivity contribution is 5.70. The van der Waals surface area contributed by atoms with Crippen LogP contribution >= 0.6 is 0 Å². The Morgan fingerprint density at radius 2 is 1.82 bits per heavy atom. The number of rotatable bonds is 4. The first-order valence-corrected chi connectivity index (χ1v) is 11.4. The average molecular weight is 440 g/mol. The van der Waals surface area contributed by atoms with Crippen LogP contribution in [0.4, 0.5) is 5.69 Å². The molecule has 0 saturated carbocycles. The number of aliphatic hydroxyl groups is 1. The highest BCUT2D eigenvalue weighted by Crippen LogP contribution is 2.48. The van der Waals surface area contributed by atoms with E-state index in [1.165, 1.54) is 11.1 Å². The maximum Gasteiger partial charge on any atom is 0.231 e. The second kappa shape index (κ2) is 8.11. The molecule has 3 aromatic carbocycles. The van der Waals surface area contributed by atoms with Crippen LogP contribution in [0.25, 0.3) is 11.1 Å². The van der Waals surface area contributed by atoms with E-state index >= 15 is 0 Å². The monoisotopic (exact) mass is 439 g/mol. The molecule has 2 N–H and O–H groups in total. The minimum atomic E-state index is 0.0463. The van der Waals surface area contributed by atoms with Crippen LogP contribution in [0.15, 0.2) is 60.7 Å². The van der Waals surface area contributed by atoms with Crippen LogP contribution in [0.1, 0.15) is 29.2 Å². The van der Waals surface area contributed by atoms with Crippen molar-refractivity contribution in [1.82, 2.24) is 4.90 Å². The van der Waals surface area contributed by atoms with Crippen molar-refractivity contribution in [2.75, 3.05) is 25.3 Å². The molecular formula is C27H25N3O3. The second-order valence-corrected chi connectivity index (χ2v) is 8.98. The van der Waals surface area contributed by atoms with Crippen molar-refractivity contribution >= 4 is 5.69 Å². The van der Waals surface area contributed by atoms with Gasteiger partial charge in [-0.25, -0.2) is 0 Å². The number of nitriles is 1. The number of ether oxygens (including phenoxy) is 2. The van der Waals surface area contributed by atoms with Gasteiger partial charge < -0.3 is 19.9 Å². The van der Waals surface area contributed by atoms with Crippen LogP contribution < -0.4 is 14.8 Å². The van der Waals surface area contributed by atoms with Crippen LogP contribution in [0.3, 0.4) is 0 Å². The number of anilines is 1. The Hall–Kier alpha value is -3.53. The Kier molecular flexibility index (Phi) is 4.94. The smallest absolute Gasteiger partial charge is 0.231 e. The van der Waals surface area contributed by atoms with Crippen molar-refractivity contribution in [3.05, 3.63) is 77.4 Å². The van der Waals surface area contributed by atoms with Crippen molar-refractivity contribution in [3.63, 3.8) is 0 Å². The van der Waals surface area contributed by atoms with Gasteiger partial charge in [0.25, 0.3) is 0 Å². The first kappa shape index (κ1) is 20.1. The summed E-state index contributed by atoms with van der Waals surface area (Å²) in [6, 6.07) is 22.9. The number of nitrogens with zero attached hydrogens (tertiary/aromatic N) is 2. The fourth-order valence-electron chi connectivity index (χ4n) is 5.53. The maximum absolute atomic E-state index is 10.1. The highest BCUT2D eigenvalue weighted by Gasteiger charge is 2.43. The topological polar surface area (TPSA) is 77.8 Å². The van der Waals surface area contributed by atoms with E-state index in [9.17, 15) is 5.11 Å². The molecular weight excluding hydrogens is 414 g/mol. The lowest BCUT2D eigenvalue weighted by Crippen LogP contribution is -2.41. The van der Waals surface area contributed by atoms with Gasteiger partial charge in [0.05, 0.1) is 24.3 Å². The molecule has 0 aliphatic carbocycles. The van der Waals surface area contributed by atoms with Crippen LogP contribution in [0.5, 0.6) is 11.5 Å². The van der Waals surface area contributed by atoms with E-state index in [4.69, 9.17) is 14.7 Å². The fraction of sp³-hybridized carbons (Fsp3) is 0.296. The molecule has 6 nitrogen and oxygen atoms in total. The van der Waals surface area contributed by atoms with Gasteiger partial charge in [0.1, 0.15) is 0 Å². The number of fused-ring (bicyclic) bond motifs is 4. The minimum absolute atomic E-state index is 0.0463. The van der Waals surface area contributed by atoms with Crippen LogP contribution in [-0.4, -0.2) is 36.0 Å². The van der Waals surface area contributed by atoms with Gasteiger partial charge in [0.15, 0.2) is 11.5 Å². The minimum Gasteiger partial charge on any atom is -0.454 e. The summed E-state index contributed by atoms with van der Waals surface area (Å²) in [5.74, 6) is 1.95. The molecule has 6 heteroatoms. The molecule has 3 aliphatic heterocycles. The normalized spacial score (nSPS) is 22.8. The summed E-state index contributed by atoms with van der Waals surface area (Å²) in [6.45, 7) is 2.19. The Morgan fingerprint density at radius 3 is 2.64 bits per heavy atom. The Bertz CT molecular complexity index is 1230. The van der Waals surface area contributed by atoms with Gasteiger partial charge in [-0.2, -0.15) is 5.26 Å². The van der Waals surface area contributed by atoms with E-state index in [-0.39, 0.29) is 25.5 Å². The molecule has 0 unspecified atom stereocenters. The van der Waals surface area contributed by atoms with Gasteiger partial charge in [-0.3, -0.25) is 4.90 Å². The summed E-state index contributed by atoms with van der Waals surface area (Å²) in [4.78, 5) is 2.52. The molecule has 0 radical (unpaired) electrons. The average Bonchev–Trinajstić information content (AvgIpc) is 3.50. The van der Waals surface area contributed by atoms with E-state index in [2.05, 4.69) is 46.6 Å². The Labute approximate surface area is 193 Å². The molecule has 166 valence electrons. The number of nitrogens with one attached hydrogen (secondary N) is 1. The first-order valence-electron chi connectivity index (χ1n) is 11.4. The first-order chi connectivity index (χ1) is 16.2. The third-order valence-corrected chi connectivity index (χ3v) is 7.14. The van der Waals surface area contributed by atoms with Crippen molar-refractivity contribution in [1.29, 1.82) is 5.26 Å². The summed E-state index contributed by atoms with van der Waals surface area (Å²) in [6.07, 6.45) is 1.04. The molecule has 1 fully saturated rings. The van der Waals surface area contributed by atoms with Crippen LogP contribution in [0, 0.1) is 17.2 Å². The third kappa shape index (κ3) is 3.50.